The first kappa shape index (κ1) is 13.9. The van der Waals surface area contributed by atoms with Gasteiger partial charge in [0.1, 0.15) is 11.5 Å². The molecule has 2 N–H and O–H groups in total. The van der Waals surface area contributed by atoms with Crippen molar-refractivity contribution in [3.63, 3.8) is 0 Å². The highest BCUT2D eigenvalue weighted by molar-refractivity contribution is 5.94. The van der Waals surface area contributed by atoms with E-state index in [4.69, 9.17) is 4.74 Å². The Labute approximate surface area is 118 Å². The first-order chi connectivity index (χ1) is 9.60. The van der Waals surface area contributed by atoms with Gasteiger partial charge in [0.25, 0.3) is 5.91 Å². The number of aromatic hydroxyl groups is 1. The quantitative estimate of drug-likeness (QED) is 0.899. The van der Waals surface area contributed by atoms with Gasteiger partial charge in [-0.2, -0.15) is 0 Å². The third-order valence-electron chi connectivity index (χ3n) is 3.09. The molecule has 2 aromatic rings. The van der Waals surface area contributed by atoms with Gasteiger partial charge in [0, 0.05) is 5.56 Å². The Morgan fingerprint density at radius 3 is 2.25 bits per heavy atom. The minimum absolute atomic E-state index is 0.134. The van der Waals surface area contributed by atoms with E-state index in [1.165, 1.54) is 0 Å². The molecule has 20 heavy (non-hydrogen) atoms. The van der Waals surface area contributed by atoms with Crippen LogP contribution in [0.15, 0.2) is 48.5 Å². The molecule has 0 bridgehead atoms. The van der Waals surface area contributed by atoms with E-state index in [1.807, 2.05) is 6.92 Å². The Morgan fingerprint density at radius 1 is 1.10 bits per heavy atom. The molecule has 104 valence electrons. The van der Waals surface area contributed by atoms with E-state index in [0.717, 1.165) is 5.56 Å². The molecule has 4 heteroatoms. The van der Waals surface area contributed by atoms with Crippen LogP contribution in [0, 0.1) is 0 Å². The lowest BCUT2D eigenvalue weighted by Gasteiger charge is -2.14. The van der Waals surface area contributed by atoms with E-state index in [2.05, 4.69) is 5.32 Å². The van der Waals surface area contributed by atoms with Crippen LogP contribution in [-0.2, 0) is 0 Å². The van der Waals surface area contributed by atoms with Crippen molar-refractivity contribution in [1.82, 2.24) is 5.32 Å². The first-order valence-corrected chi connectivity index (χ1v) is 6.34. The normalized spacial score (nSPS) is 11.7. The van der Waals surface area contributed by atoms with E-state index in [-0.39, 0.29) is 17.7 Å². The Kier molecular flexibility index (Phi) is 4.25. The highest BCUT2D eigenvalue weighted by atomic mass is 16.5. The number of ether oxygens (including phenoxy) is 1. The Hall–Kier alpha value is -2.49. The fourth-order valence-electron chi connectivity index (χ4n) is 1.87. The SMILES string of the molecule is COc1ccc(C(=O)N[C@@H](C)c2ccc(O)cc2)cc1. The molecule has 0 aromatic heterocycles. The molecule has 0 aliphatic heterocycles. The molecule has 4 nitrogen and oxygen atoms in total. The molecular weight excluding hydrogens is 254 g/mol. The van der Waals surface area contributed by atoms with Crippen LogP contribution < -0.4 is 10.1 Å². The minimum Gasteiger partial charge on any atom is -0.508 e. The number of carbonyl (C=O) groups excluding carboxylic acids is 1. The fraction of sp³-hybridized carbons (Fsp3) is 0.188. The molecule has 2 aromatic carbocycles. The van der Waals surface area contributed by atoms with Gasteiger partial charge >= 0.3 is 0 Å². The zero-order valence-electron chi connectivity index (χ0n) is 11.5. The maximum atomic E-state index is 12.1. The summed E-state index contributed by atoms with van der Waals surface area (Å²) in [5.74, 6) is 0.781. The van der Waals surface area contributed by atoms with Crippen LogP contribution in [0.25, 0.3) is 0 Å². The third kappa shape index (κ3) is 3.29. The van der Waals surface area contributed by atoms with Crippen LogP contribution in [0.2, 0.25) is 0 Å². The largest absolute Gasteiger partial charge is 0.508 e. The van der Waals surface area contributed by atoms with Gasteiger partial charge in [-0.15, -0.1) is 0 Å². The van der Waals surface area contributed by atoms with E-state index >= 15 is 0 Å². The number of hydrogen-bond acceptors (Lipinski definition) is 3. The average molecular weight is 271 g/mol. The van der Waals surface area contributed by atoms with Crippen molar-refractivity contribution in [1.29, 1.82) is 0 Å². The van der Waals surface area contributed by atoms with E-state index in [0.29, 0.717) is 11.3 Å². The standard InChI is InChI=1S/C16H17NO3/c1-11(12-3-7-14(18)8-4-12)17-16(19)13-5-9-15(20-2)10-6-13/h3-11,18H,1-2H3,(H,17,19)/t11-/m0/s1. The van der Waals surface area contributed by atoms with Crippen LogP contribution >= 0.6 is 0 Å². The molecule has 1 atom stereocenters. The summed E-state index contributed by atoms with van der Waals surface area (Å²) in [5, 5.41) is 12.2. The topological polar surface area (TPSA) is 58.6 Å². The molecule has 0 saturated carbocycles. The summed E-state index contributed by atoms with van der Waals surface area (Å²) in [6.45, 7) is 1.90. The fourth-order valence-corrected chi connectivity index (χ4v) is 1.87. The van der Waals surface area contributed by atoms with Gasteiger partial charge in [-0.05, 0) is 48.9 Å². The Morgan fingerprint density at radius 2 is 1.70 bits per heavy atom. The molecule has 0 spiro atoms. The number of hydrogen-bond donors (Lipinski definition) is 2. The molecule has 2 rings (SSSR count). The predicted molar refractivity (Wildman–Crippen MR) is 77.0 cm³/mol. The van der Waals surface area contributed by atoms with Crippen LogP contribution in [-0.4, -0.2) is 18.1 Å². The lowest BCUT2D eigenvalue weighted by Crippen LogP contribution is -2.26. The molecule has 1 amide bonds. The van der Waals surface area contributed by atoms with Crippen LogP contribution in [0.3, 0.4) is 0 Å². The van der Waals surface area contributed by atoms with Gasteiger partial charge < -0.3 is 15.2 Å². The number of nitrogens with one attached hydrogen (secondary N) is 1. The monoisotopic (exact) mass is 271 g/mol. The molecule has 0 saturated heterocycles. The summed E-state index contributed by atoms with van der Waals surface area (Å²) in [6.07, 6.45) is 0. The van der Waals surface area contributed by atoms with E-state index in [9.17, 15) is 9.90 Å². The number of carbonyl (C=O) groups is 1. The highest BCUT2D eigenvalue weighted by Crippen LogP contribution is 2.17. The molecule has 0 radical (unpaired) electrons. The van der Waals surface area contributed by atoms with Crippen molar-refractivity contribution in [3.05, 3.63) is 59.7 Å². The number of benzene rings is 2. The second-order valence-electron chi connectivity index (χ2n) is 4.52. The van der Waals surface area contributed by atoms with Gasteiger partial charge in [0.05, 0.1) is 13.2 Å². The van der Waals surface area contributed by atoms with Gasteiger partial charge in [-0.25, -0.2) is 0 Å². The van der Waals surface area contributed by atoms with Gasteiger partial charge in [-0.3, -0.25) is 4.79 Å². The van der Waals surface area contributed by atoms with Crippen LogP contribution in [0.5, 0.6) is 11.5 Å². The molecule has 0 aliphatic carbocycles. The summed E-state index contributed by atoms with van der Waals surface area (Å²) in [5.41, 5.74) is 1.51. The molecular formula is C16H17NO3. The van der Waals surface area contributed by atoms with Gasteiger partial charge in [0.2, 0.25) is 0 Å². The van der Waals surface area contributed by atoms with E-state index < -0.39 is 0 Å². The maximum Gasteiger partial charge on any atom is 0.251 e. The maximum absolute atomic E-state index is 12.1. The molecule has 0 fully saturated rings. The number of phenolic OH excluding ortho intramolecular Hbond substituents is 1. The zero-order valence-corrected chi connectivity index (χ0v) is 11.5. The number of rotatable bonds is 4. The van der Waals surface area contributed by atoms with Crippen molar-refractivity contribution in [2.75, 3.05) is 7.11 Å². The summed E-state index contributed by atoms with van der Waals surface area (Å²) in [4.78, 5) is 12.1. The Bertz CT molecular complexity index is 576. The highest BCUT2D eigenvalue weighted by Gasteiger charge is 2.11. The molecule has 0 aliphatic rings. The zero-order chi connectivity index (χ0) is 14.5. The second-order valence-corrected chi connectivity index (χ2v) is 4.52. The number of methoxy groups -OCH3 is 1. The van der Waals surface area contributed by atoms with Crippen molar-refractivity contribution in [3.8, 4) is 11.5 Å². The molecule has 0 heterocycles. The smallest absolute Gasteiger partial charge is 0.251 e. The van der Waals surface area contributed by atoms with Crippen LogP contribution in [0.4, 0.5) is 0 Å². The number of amides is 1. The van der Waals surface area contributed by atoms with Crippen molar-refractivity contribution in [2.45, 2.75) is 13.0 Å². The van der Waals surface area contributed by atoms with Crippen molar-refractivity contribution >= 4 is 5.91 Å². The average Bonchev–Trinajstić information content (AvgIpc) is 2.48. The van der Waals surface area contributed by atoms with Crippen molar-refractivity contribution < 1.29 is 14.6 Å². The molecule has 0 unspecified atom stereocenters. The third-order valence-corrected chi connectivity index (χ3v) is 3.09. The lowest BCUT2D eigenvalue weighted by atomic mass is 10.1. The van der Waals surface area contributed by atoms with Crippen molar-refractivity contribution in [2.24, 2.45) is 0 Å². The van der Waals surface area contributed by atoms with Gasteiger partial charge in [0.15, 0.2) is 0 Å². The summed E-state index contributed by atoms with van der Waals surface area (Å²) < 4.78 is 5.06. The predicted octanol–water partition coefficient (Wildman–Crippen LogP) is 2.89. The first-order valence-electron chi connectivity index (χ1n) is 6.34. The van der Waals surface area contributed by atoms with Gasteiger partial charge in [-0.1, -0.05) is 12.1 Å². The second kappa shape index (κ2) is 6.10. The Balaban J connectivity index is 2.04. The minimum atomic E-state index is -0.145. The van der Waals surface area contributed by atoms with E-state index in [1.54, 1.807) is 55.6 Å². The summed E-state index contributed by atoms with van der Waals surface area (Å²) in [6, 6.07) is 13.6. The summed E-state index contributed by atoms with van der Waals surface area (Å²) >= 11 is 0. The summed E-state index contributed by atoms with van der Waals surface area (Å²) in [7, 11) is 1.59. The lowest BCUT2D eigenvalue weighted by molar-refractivity contribution is 0.0940. The van der Waals surface area contributed by atoms with Crippen LogP contribution in [0.1, 0.15) is 28.9 Å². The number of phenols is 1.